The number of piperidine rings is 1. The van der Waals surface area contributed by atoms with E-state index < -0.39 is 0 Å². The lowest BCUT2D eigenvalue weighted by Crippen LogP contribution is -2.38. The van der Waals surface area contributed by atoms with Gasteiger partial charge >= 0.3 is 0 Å². The highest BCUT2D eigenvalue weighted by molar-refractivity contribution is 5.85. The van der Waals surface area contributed by atoms with Gasteiger partial charge in [0, 0.05) is 12.5 Å². The van der Waals surface area contributed by atoms with E-state index >= 15 is 0 Å². The van der Waals surface area contributed by atoms with E-state index in [1.54, 1.807) is 0 Å². The van der Waals surface area contributed by atoms with Crippen LogP contribution in [-0.4, -0.2) is 25.0 Å². The van der Waals surface area contributed by atoms with Crippen LogP contribution in [0.3, 0.4) is 0 Å². The number of aryl methyl sites for hydroxylation is 2. The molecule has 0 aliphatic carbocycles. The molecule has 1 aromatic rings. The summed E-state index contributed by atoms with van der Waals surface area (Å²) in [7, 11) is 0. The SMILES string of the molecule is Cc1cc(C)cc(CC(C)NC(=O)CC(C)C2CCCNC2)c1.Cl. The zero-order valence-electron chi connectivity index (χ0n) is 15.5. The van der Waals surface area contributed by atoms with Gasteiger partial charge in [-0.1, -0.05) is 36.2 Å². The van der Waals surface area contributed by atoms with Gasteiger partial charge in [0.1, 0.15) is 0 Å². The van der Waals surface area contributed by atoms with Crippen molar-refractivity contribution in [2.24, 2.45) is 11.8 Å². The quantitative estimate of drug-likeness (QED) is 0.817. The molecule has 24 heavy (non-hydrogen) atoms. The third-order valence-electron chi connectivity index (χ3n) is 4.88. The molecule has 4 heteroatoms. The average Bonchev–Trinajstić information content (AvgIpc) is 2.46. The molecule has 2 N–H and O–H groups in total. The van der Waals surface area contributed by atoms with Crippen molar-refractivity contribution in [1.29, 1.82) is 0 Å². The van der Waals surface area contributed by atoms with E-state index in [0.29, 0.717) is 18.3 Å². The zero-order valence-corrected chi connectivity index (χ0v) is 16.3. The molecule has 0 aromatic heterocycles. The third-order valence-corrected chi connectivity index (χ3v) is 4.88. The maximum Gasteiger partial charge on any atom is 0.220 e. The summed E-state index contributed by atoms with van der Waals surface area (Å²) in [5.41, 5.74) is 3.88. The van der Waals surface area contributed by atoms with Crippen molar-refractivity contribution in [2.45, 2.75) is 59.4 Å². The third kappa shape index (κ3) is 6.82. The number of carbonyl (C=O) groups is 1. The molecule has 0 spiro atoms. The molecule has 3 unspecified atom stereocenters. The highest BCUT2D eigenvalue weighted by atomic mass is 35.5. The van der Waals surface area contributed by atoms with Gasteiger partial charge in [0.15, 0.2) is 0 Å². The van der Waals surface area contributed by atoms with Crippen molar-refractivity contribution in [3.8, 4) is 0 Å². The van der Waals surface area contributed by atoms with Crippen LogP contribution in [0.25, 0.3) is 0 Å². The molecule has 1 heterocycles. The minimum absolute atomic E-state index is 0. The summed E-state index contributed by atoms with van der Waals surface area (Å²) in [4.78, 5) is 12.3. The number of benzene rings is 1. The van der Waals surface area contributed by atoms with E-state index in [1.165, 1.54) is 29.5 Å². The number of hydrogen-bond donors (Lipinski definition) is 2. The van der Waals surface area contributed by atoms with Crippen LogP contribution in [-0.2, 0) is 11.2 Å². The summed E-state index contributed by atoms with van der Waals surface area (Å²) in [6.45, 7) is 10.8. The molecule has 1 aromatic carbocycles. The van der Waals surface area contributed by atoms with Crippen LogP contribution in [0.4, 0.5) is 0 Å². The second-order valence-electron chi connectivity index (χ2n) is 7.46. The van der Waals surface area contributed by atoms with Crippen LogP contribution < -0.4 is 10.6 Å². The van der Waals surface area contributed by atoms with Gasteiger partial charge in [0.05, 0.1) is 0 Å². The van der Waals surface area contributed by atoms with Crippen molar-refractivity contribution in [1.82, 2.24) is 10.6 Å². The van der Waals surface area contributed by atoms with Gasteiger partial charge in [-0.05, 0) is 70.5 Å². The van der Waals surface area contributed by atoms with Crippen LogP contribution in [0.5, 0.6) is 0 Å². The Labute approximate surface area is 153 Å². The second-order valence-corrected chi connectivity index (χ2v) is 7.46. The van der Waals surface area contributed by atoms with E-state index in [4.69, 9.17) is 0 Å². The van der Waals surface area contributed by atoms with Crippen LogP contribution in [0, 0.1) is 25.7 Å². The molecular formula is C20H33ClN2O. The molecule has 1 aliphatic rings. The summed E-state index contributed by atoms with van der Waals surface area (Å²) >= 11 is 0. The Morgan fingerprint density at radius 1 is 1.25 bits per heavy atom. The summed E-state index contributed by atoms with van der Waals surface area (Å²) in [5.74, 6) is 1.29. The first-order chi connectivity index (χ1) is 10.9. The molecule has 136 valence electrons. The van der Waals surface area contributed by atoms with Crippen LogP contribution in [0.15, 0.2) is 18.2 Å². The van der Waals surface area contributed by atoms with E-state index in [9.17, 15) is 4.79 Å². The van der Waals surface area contributed by atoms with Crippen molar-refractivity contribution in [3.05, 3.63) is 34.9 Å². The Bertz CT molecular complexity index is 506. The largest absolute Gasteiger partial charge is 0.353 e. The molecule has 0 radical (unpaired) electrons. The number of hydrogen-bond acceptors (Lipinski definition) is 2. The lowest BCUT2D eigenvalue weighted by molar-refractivity contribution is -0.122. The number of halogens is 1. The summed E-state index contributed by atoms with van der Waals surface area (Å²) in [6, 6.07) is 6.80. The summed E-state index contributed by atoms with van der Waals surface area (Å²) in [6.07, 6.45) is 4.02. The minimum Gasteiger partial charge on any atom is -0.353 e. The van der Waals surface area contributed by atoms with Crippen molar-refractivity contribution in [3.63, 3.8) is 0 Å². The molecule has 0 bridgehead atoms. The maximum atomic E-state index is 12.3. The Kier molecular flexibility index (Phi) is 8.79. The first kappa shape index (κ1) is 21.0. The fourth-order valence-corrected chi connectivity index (χ4v) is 3.75. The summed E-state index contributed by atoms with van der Waals surface area (Å²) in [5, 5.41) is 6.62. The monoisotopic (exact) mass is 352 g/mol. The standard InChI is InChI=1S/C20H32N2O.ClH/c1-14-8-15(2)10-18(9-14)12-17(4)22-20(23)11-16(3)19-6-5-7-21-13-19;/h8-10,16-17,19,21H,5-7,11-13H2,1-4H3,(H,22,23);1H. The average molecular weight is 353 g/mol. The lowest BCUT2D eigenvalue weighted by Gasteiger charge is -2.28. The minimum atomic E-state index is 0. The Morgan fingerprint density at radius 2 is 1.92 bits per heavy atom. The smallest absolute Gasteiger partial charge is 0.220 e. The normalized spacial score (nSPS) is 19.9. The molecule has 1 amide bonds. The van der Waals surface area contributed by atoms with Gasteiger partial charge in [0.25, 0.3) is 0 Å². The first-order valence-corrected chi connectivity index (χ1v) is 9.01. The van der Waals surface area contributed by atoms with E-state index in [0.717, 1.165) is 19.5 Å². The van der Waals surface area contributed by atoms with Crippen LogP contribution in [0.1, 0.15) is 49.8 Å². The van der Waals surface area contributed by atoms with Crippen molar-refractivity contribution >= 4 is 18.3 Å². The fourth-order valence-electron chi connectivity index (χ4n) is 3.75. The predicted molar refractivity (Wildman–Crippen MR) is 104 cm³/mol. The predicted octanol–water partition coefficient (Wildman–Crippen LogP) is 3.80. The van der Waals surface area contributed by atoms with Gasteiger partial charge in [0.2, 0.25) is 5.91 Å². The van der Waals surface area contributed by atoms with Gasteiger partial charge in [-0.3, -0.25) is 4.79 Å². The maximum absolute atomic E-state index is 12.3. The molecule has 1 aliphatic heterocycles. The second kappa shape index (κ2) is 10.0. The fraction of sp³-hybridized carbons (Fsp3) is 0.650. The number of carbonyl (C=O) groups excluding carboxylic acids is 1. The molecule has 3 atom stereocenters. The Morgan fingerprint density at radius 3 is 2.50 bits per heavy atom. The molecule has 2 rings (SSSR count). The van der Waals surface area contributed by atoms with Gasteiger partial charge in [-0.15, -0.1) is 12.4 Å². The first-order valence-electron chi connectivity index (χ1n) is 9.01. The van der Waals surface area contributed by atoms with Gasteiger partial charge in [-0.25, -0.2) is 0 Å². The number of rotatable bonds is 6. The van der Waals surface area contributed by atoms with Gasteiger partial charge < -0.3 is 10.6 Å². The van der Waals surface area contributed by atoms with E-state index in [1.807, 2.05) is 0 Å². The lowest BCUT2D eigenvalue weighted by atomic mass is 9.85. The number of amides is 1. The van der Waals surface area contributed by atoms with E-state index in [-0.39, 0.29) is 24.4 Å². The number of nitrogens with one attached hydrogen (secondary N) is 2. The van der Waals surface area contributed by atoms with Crippen LogP contribution in [0.2, 0.25) is 0 Å². The molecule has 0 saturated carbocycles. The molecular weight excluding hydrogens is 320 g/mol. The van der Waals surface area contributed by atoms with Crippen molar-refractivity contribution in [2.75, 3.05) is 13.1 Å². The molecule has 1 saturated heterocycles. The highest BCUT2D eigenvalue weighted by Gasteiger charge is 2.22. The highest BCUT2D eigenvalue weighted by Crippen LogP contribution is 2.22. The molecule has 1 fully saturated rings. The van der Waals surface area contributed by atoms with Crippen molar-refractivity contribution < 1.29 is 4.79 Å². The topological polar surface area (TPSA) is 41.1 Å². The van der Waals surface area contributed by atoms with Crippen LogP contribution >= 0.6 is 12.4 Å². The Hall–Kier alpha value is -1.06. The van der Waals surface area contributed by atoms with Gasteiger partial charge in [-0.2, -0.15) is 0 Å². The summed E-state index contributed by atoms with van der Waals surface area (Å²) < 4.78 is 0. The Balaban J connectivity index is 0.00000288. The molecule has 3 nitrogen and oxygen atoms in total. The van der Waals surface area contributed by atoms with E-state index in [2.05, 4.69) is 56.5 Å². The zero-order chi connectivity index (χ0) is 16.8.